The van der Waals surface area contributed by atoms with Gasteiger partial charge in [0.15, 0.2) is 6.61 Å². The van der Waals surface area contributed by atoms with Gasteiger partial charge in [-0.15, -0.1) is 0 Å². The van der Waals surface area contributed by atoms with Crippen LogP contribution >= 0.6 is 0 Å². The van der Waals surface area contributed by atoms with E-state index in [4.69, 9.17) is 4.74 Å². The minimum absolute atomic E-state index is 0.0651. The number of fused-ring (bicyclic) bond motifs is 1. The number of hydrogen-bond donors (Lipinski definition) is 1. The lowest BCUT2D eigenvalue weighted by Gasteiger charge is -2.31. The highest BCUT2D eigenvalue weighted by molar-refractivity contribution is 5.77. The van der Waals surface area contributed by atoms with Gasteiger partial charge in [-0.3, -0.25) is 4.79 Å². The highest BCUT2D eigenvalue weighted by Crippen LogP contribution is 2.26. The van der Waals surface area contributed by atoms with Crippen molar-refractivity contribution >= 4 is 11.6 Å². The summed E-state index contributed by atoms with van der Waals surface area (Å²) in [6, 6.07) is 16.3. The molecule has 0 fully saturated rings. The van der Waals surface area contributed by atoms with Gasteiger partial charge in [0, 0.05) is 25.3 Å². The molecule has 0 aliphatic carbocycles. The number of benzene rings is 2. The quantitative estimate of drug-likeness (QED) is 0.787. The maximum Gasteiger partial charge on any atom is 0.257 e. The average Bonchev–Trinajstić information content (AvgIpc) is 2.65. The molecule has 0 unspecified atom stereocenters. The van der Waals surface area contributed by atoms with E-state index in [9.17, 15) is 4.79 Å². The molecule has 0 atom stereocenters. The number of hydrogen-bond acceptors (Lipinski definition) is 3. The summed E-state index contributed by atoms with van der Waals surface area (Å²) in [6.07, 6.45) is 3.30. The molecule has 1 aliphatic heterocycles. The van der Waals surface area contributed by atoms with Crippen molar-refractivity contribution in [2.45, 2.75) is 26.2 Å². The summed E-state index contributed by atoms with van der Waals surface area (Å²) in [4.78, 5) is 14.3. The van der Waals surface area contributed by atoms with Gasteiger partial charge in [0.05, 0.1) is 0 Å². The second kappa shape index (κ2) is 8.56. The van der Waals surface area contributed by atoms with Crippen LogP contribution in [0.5, 0.6) is 5.75 Å². The van der Waals surface area contributed by atoms with E-state index in [-0.39, 0.29) is 12.5 Å². The number of carbonyl (C=O) groups excluding carboxylic acids is 1. The van der Waals surface area contributed by atoms with Crippen LogP contribution < -0.4 is 15.0 Å². The number of para-hydroxylation sites is 1. The summed E-state index contributed by atoms with van der Waals surface area (Å²) in [5.74, 6) is 0.658. The van der Waals surface area contributed by atoms with Gasteiger partial charge in [-0.05, 0) is 49.9 Å². The van der Waals surface area contributed by atoms with E-state index in [0.29, 0.717) is 6.54 Å². The Hall–Kier alpha value is -2.49. The standard InChI is InChI=1S/C21H26N2O2/c1-17-9-11-19(12-10-17)25-16-21(24)22-13-5-15-23-14-4-7-18-6-2-3-8-20(18)23/h2-3,6,8-12H,4-5,7,13-16H2,1H3,(H,22,24). The van der Waals surface area contributed by atoms with E-state index in [1.807, 2.05) is 31.2 Å². The second-order valence-corrected chi connectivity index (χ2v) is 6.52. The number of amides is 1. The number of anilines is 1. The Morgan fingerprint density at radius 2 is 1.96 bits per heavy atom. The fraction of sp³-hybridized carbons (Fsp3) is 0.381. The van der Waals surface area contributed by atoms with Crippen molar-refractivity contribution in [3.63, 3.8) is 0 Å². The molecule has 1 amide bonds. The molecular weight excluding hydrogens is 312 g/mol. The van der Waals surface area contributed by atoms with Crippen LogP contribution in [0.1, 0.15) is 24.0 Å². The minimum Gasteiger partial charge on any atom is -0.484 e. The zero-order chi connectivity index (χ0) is 17.5. The Kier molecular flexibility index (Phi) is 5.94. The normalized spacial score (nSPS) is 13.2. The van der Waals surface area contributed by atoms with Gasteiger partial charge in [0.2, 0.25) is 0 Å². The number of nitrogens with zero attached hydrogens (tertiary/aromatic N) is 1. The van der Waals surface area contributed by atoms with Gasteiger partial charge in [-0.1, -0.05) is 35.9 Å². The van der Waals surface area contributed by atoms with Crippen LogP contribution in [0.2, 0.25) is 0 Å². The van der Waals surface area contributed by atoms with Crippen LogP contribution in [0.25, 0.3) is 0 Å². The van der Waals surface area contributed by atoms with Crippen LogP contribution in [0, 0.1) is 6.92 Å². The molecule has 0 spiro atoms. The Bertz CT molecular complexity index is 697. The van der Waals surface area contributed by atoms with Gasteiger partial charge >= 0.3 is 0 Å². The maximum atomic E-state index is 11.9. The van der Waals surface area contributed by atoms with E-state index in [0.717, 1.165) is 25.3 Å². The molecule has 132 valence electrons. The van der Waals surface area contributed by atoms with E-state index < -0.39 is 0 Å². The molecule has 3 rings (SSSR count). The fourth-order valence-corrected chi connectivity index (χ4v) is 3.18. The Labute approximate surface area is 149 Å². The first-order valence-corrected chi connectivity index (χ1v) is 9.01. The Balaban J connectivity index is 1.36. The van der Waals surface area contributed by atoms with Gasteiger partial charge in [0.25, 0.3) is 5.91 Å². The molecular formula is C21H26N2O2. The molecule has 0 bridgehead atoms. The van der Waals surface area contributed by atoms with Crippen LogP contribution in [-0.4, -0.2) is 32.1 Å². The van der Waals surface area contributed by atoms with Gasteiger partial charge < -0.3 is 15.0 Å². The SMILES string of the molecule is Cc1ccc(OCC(=O)NCCCN2CCCc3ccccc32)cc1. The molecule has 4 heteroatoms. The largest absolute Gasteiger partial charge is 0.484 e. The van der Waals surface area contributed by atoms with Crippen LogP contribution in [0.3, 0.4) is 0 Å². The summed E-state index contributed by atoms with van der Waals surface area (Å²) in [6.45, 7) is 4.83. The van der Waals surface area contributed by atoms with Crippen molar-refractivity contribution in [3.8, 4) is 5.75 Å². The zero-order valence-corrected chi connectivity index (χ0v) is 14.8. The summed E-state index contributed by atoms with van der Waals surface area (Å²) in [5.41, 5.74) is 3.96. The first-order chi connectivity index (χ1) is 12.2. The topological polar surface area (TPSA) is 41.6 Å². The number of nitrogens with one attached hydrogen (secondary N) is 1. The lowest BCUT2D eigenvalue weighted by molar-refractivity contribution is -0.123. The zero-order valence-electron chi connectivity index (χ0n) is 14.8. The lowest BCUT2D eigenvalue weighted by atomic mass is 10.0. The van der Waals surface area contributed by atoms with Gasteiger partial charge in [0.1, 0.15) is 5.75 Å². The van der Waals surface area contributed by atoms with Crippen molar-refractivity contribution in [2.24, 2.45) is 0 Å². The van der Waals surface area contributed by atoms with Crippen LogP contribution in [0.4, 0.5) is 5.69 Å². The number of carbonyl (C=O) groups is 1. The van der Waals surface area contributed by atoms with Crippen molar-refractivity contribution in [1.82, 2.24) is 5.32 Å². The lowest BCUT2D eigenvalue weighted by Crippen LogP contribution is -2.34. The average molecular weight is 338 g/mol. The van der Waals surface area contributed by atoms with Crippen LogP contribution in [0.15, 0.2) is 48.5 Å². The first-order valence-electron chi connectivity index (χ1n) is 9.01. The highest BCUT2D eigenvalue weighted by atomic mass is 16.5. The fourth-order valence-electron chi connectivity index (χ4n) is 3.18. The van der Waals surface area contributed by atoms with Crippen molar-refractivity contribution in [1.29, 1.82) is 0 Å². The summed E-state index contributed by atoms with van der Waals surface area (Å²) in [7, 11) is 0. The molecule has 1 heterocycles. The van der Waals surface area contributed by atoms with Crippen molar-refractivity contribution in [2.75, 3.05) is 31.1 Å². The third kappa shape index (κ3) is 4.99. The summed E-state index contributed by atoms with van der Waals surface area (Å²) >= 11 is 0. The van der Waals surface area contributed by atoms with E-state index >= 15 is 0 Å². The molecule has 0 aromatic heterocycles. The van der Waals surface area contributed by atoms with E-state index in [2.05, 4.69) is 34.5 Å². The molecule has 4 nitrogen and oxygen atoms in total. The minimum atomic E-state index is -0.0698. The summed E-state index contributed by atoms with van der Waals surface area (Å²) in [5, 5.41) is 2.94. The predicted octanol–water partition coefficient (Wildman–Crippen LogP) is 3.33. The third-order valence-electron chi connectivity index (χ3n) is 4.52. The van der Waals surface area contributed by atoms with Gasteiger partial charge in [-0.2, -0.15) is 0 Å². The molecule has 0 saturated carbocycles. The highest BCUT2D eigenvalue weighted by Gasteiger charge is 2.15. The number of rotatable bonds is 7. The molecule has 0 radical (unpaired) electrons. The Morgan fingerprint density at radius 1 is 1.16 bits per heavy atom. The monoisotopic (exact) mass is 338 g/mol. The van der Waals surface area contributed by atoms with Crippen molar-refractivity contribution < 1.29 is 9.53 Å². The molecule has 1 N–H and O–H groups in total. The third-order valence-corrected chi connectivity index (χ3v) is 4.52. The summed E-state index contributed by atoms with van der Waals surface area (Å²) < 4.78 is 5.49. The smallest absolute Gasteiger partial charge is 0.257 e. The molecule has 2 aromatic carbocycles. The molecule has 2 aromatic rings. The van der Waals surface area contributed by atoms with Crippen LogP contribution in [-0.2, 0) is 11.2 Å². The number of ether oxygens (including phenoxy) is 1. The van der Waals surface area contributed by atoms with E-state index in [1.165, 1.54) is 29.7 Å². The predicted molar refractivity (Wildman–Crippen MR) is 101 cm³/mol. The molecule has 0 saturated heterocycles. The molecule has 1 aliphatic rings. The van der Waals surface area contributed by atoms with Crippen molar-refractivity contribution in [3.05, 3.63) is 59.7 Å². The second-order valence-electron chi connectivity index (χ2n) is 6.52. The first kappa shape index (κ1) is 17.3. The molecule has 25 heavy (non-hydrogen) atoms. The van der Waals surface area contributed by atoms with Gasteiger partial charge in [-0.25, -0.2) is 0 Å². The van der Waals surface area contributed by atoms with E-state index in [1.54, 1.807) is 0 Å². The number of aryl methyl sites for hydroxylation is 2. The Morgan fingerprint density at radius 3 is 2.80 bits per heavy atom. The maximum absolute atomic E-state index is 11.9.